The van der Waals surface area contributed by atoms with Crippen LogP contribution in [0, 0.1) is 16.6 Å². The first-order valence-corrected chi connectivity index (χ1v) is 12.3. The van der Waals surface area contributed by atoms with E-state index in [1.807, 2.05) is 33.7 Å². The van der Waals surface area contributed by atoms with Crippen LogP contribution in [0.3, 0.4) is 0 Å². The fourth-order valence-electron chi connectivity index (χ4n) is 5.93. The molecule has 1 aromatic heterocycles. The standard InChI is InChI=1S/C29H36FN3O2/c1-28(2)14-23(22-8-6-10-26(34)12-22)17-32(19-29(3,4)18-28)27(35)13-25-15-31-20-33(25)16-21-7-5-9-24(30)11-21/h5-12,15,20,23,34H,13-14,16-19H2,1-4H3. The number of aromatic nitrogens is 2. The molecule has 0 bridgehead atoms. The van der Waals surface area contributed by atoms with Gasteiger partial charge in [-0.05, 0) is 59.1 Å². The molecule has 3 aromatic rings. The molecule has 0 radical (unpaired) electrons. The number of imidazole rings is 1. The molecular formula is C29H36FN3O2. The van der Waals surface area contributed by atoms with Crippen molar-refractivity contribution in [1.82, 2.24) is 14.5 Å². The smallest absolute Gasteiger partial charge is 0.228 e. The number of benzene rings is 2. The van der Waals surface area contributed by atoms with Gasteiger partial charge in [0.1, 0.15) is 11.6 Å². The predicted molar refractivity (Wildman–Crippen MR) is 136 cm³/mol. The van der Waals surface area contributed by atoms with E-state index in [0.29, 0.717) is 19.6 Å². The summed E-state index contributed by atoms with van der Waals surface area (Å²) in [6.07, 6.45) is 5.59. The molecule has 1 unspecified atom stereocenters. The zero-order chi connectivity index (χ0) is 25.2. The first-order valence-electron chi connectivity index (χ1n) is 12.3. The summed E-state index contributed by atoms with van der Waals surface area (Å²) in [7, 11) is 0. The molecule has 1 aliphatic rings. The zero-order valence-corrected chi connectivity index (χ0v) is 21.2. The second kappa shape index (κ2) is 9.84. The number of rotatable bonds is 5. The molecule has 4 rings (SSSR count). The van der Waals surface area contributed by atoms with E-state index in [-0.39, 0.29) is 40.6 Å². The van der Waals surface area contributed by atoms with Gasteiger partial charge in [-0.15, -0.1) is 0 Å². The normalized spacial score (nSPS) is 19.7. The average Bonchev–Trinajstić information content (AvgIpc) is 3.17. The molecule has 186 valence electrons. The van der Waals surface area contributed by atoms with Crippen molar-refractivity contribution in [3.05, 3.63) is 83.7 Å². The lowest BCUT2D eigenvalue weighted by molar-refractivity contribution is -0.133. The van der Waals surface area contributed by atoms with Gasteiger partial charge in [-0.3, -0.25) is 4.79 Å². The van der Waals surface area contributed by atoms with Crippen LogP contribution in [0.2, 0.25) is 0 Å². The molecule has 2 heterocycles. The molecule has 5 nitrogen and oxygen atoms in total. The highest BCUT2D eigenvalue weighted by Crippen LogP contribution is 2.44. The Labute approximate surface area is 207 Å². The Bertz CT molecular complexity index is 1180. The van der Waals surface area contributed by atoms with Crippen LogP contribution in [-0.4, -0.2) is 38.6 Å². The molecule has 35 heavy (non-hydrogen) atoms. The fourth-order valence-corrected chi connectivity index (χ4v) is 5.93. The van der Waals surface area contributed by atoms with Crippen molar-refractivity contribution in [2.24, 2.45) is 10.8 Å². The number of aromatic hydroxyl groups is 1. The summed E-state index contributed by atoms with van der Waals surface area (Å²) in [5.74, 6) is 0.170. The third kappa shape index (κ3) is 6.50. The van der Waals surface area contributed by atoms with Crippen molar-refractivity contribution in [1.29, 1.82) is 0 Å². The maximum atomic E-state index is 13.7. The summed E-state index contributed by atoms with van der Waals surface area (Å²) < 4.78 is 15.6. The van der Waals surface area contributed by atoms with Crippen LogP contribution in [0.5, 0.6) is 5.75 Å². The van der Waals surface area contributed by atoms with E-state index in [9.17, 15) is 14.3 Å². The van der Waals surface area contributed by atoms with Crippen LogP contribution < -0.4 is 0 Å². The second-order valence-corrected chi connectivity index (χ2v) is 11.6. The summed E-state index contributed by atoms with van der Waals surface area (Å²) in [5.41, 5.74) is 2.79. The third-order valence-corrected chi connectivity index (χ3v) is 6.88. The van der Waals surface area contributed by atoms with Crippen LogP contribution >= 0.6 is 0 Å². The Kier molecular flexibility index (Phi) is 7.02. The van der Waals surface area contributed by atoms with Gasteiger partial charge in [0.2, 0.25) is 5.91 Å². The number of phenols is 1. The van der Waals surface area contributed by atoms with E-state index in [1.54, 1.807) is 24.7 Å². The minimum Gasteiger partial charge on any atom is -0.508 e. The molecule has 1 amide bonds. The van der Waals surface area contributed by atoms with E-state index >= 15 is 0 Å². The van der Waals surface area contributed by atoms with Crippen LogP contribution in [-0.2, 0) is 17.8 Å². The van der Waals surface area contributed by atoms with Crippen molar-refractivity contribution in [3.63, 3.8) is 0 Å². The van der Waals surface area contributed by atoms with Gasteiger partial charge >= 0.3 is 0 Å². The Hall–Kier alpha value is -3.15. The largest absolute Gasteiger partial charge is 0.508 e. The summed E-state index contributed by atoms with van der Waals surface area (Å²) in [5, 5.41) is 10.1. The maximum absolute atomic E-state index is 13.7. The number of likely N-dealkylation sites (tertiary alicyclic amines) is 1. The summed E-state index contributed by atoms with van der Waals surface area (Å²) in [6, 6.07) is 13.9. The molecule has 6 heteroatoms. The van der Waals surface area contributed by atoms with E-state index in [1.165, 1.54) is 12.1 Å². The summed E-state index contributed by atoms with van der Waals surface area (Å²) >= 11 is 0. The van der Waals surface area contributed by atoms with Gasteiger partial charge in [-0.2, -0.15) is 0 Å². The number of amides is 1. The molecule has 1 fully saturated rings. The maximum Gasteiger partial charge on any atom is 0.228 e. The monoisotopic (exact) mass is 477 g/mol. The van der Waals surface area contributed by atoms with E-state index in [4.69, 9.17) is 0 Å². The van der Waals surface area contributed by atoms with Gasteiger partial charge in [-0.1, -0.05) is 52.0 Å². The second-order valence-electron chi connectivity index (χ2n) is 11.6. The van der Waals surface area contributed by atoms with Crippen molar-refractivity contribution in [3.8, 4) is 5.75 Å². The molecule has 1 saturated heterocycles. The lowest BCUT2D eigenvalue weighted by Crippen LogP contribution is -2.46. The van der Waals surface area contributed by atoms with Gasteiger partial charge in [0.25, 0.3) is 0 Å². The summed E-state index contributed by atoms with van der Waals surface area (Å²) in [4.78, 5) is 19.9. The molecule has 1 atom stereocenters. The number of carbonyl (C=O) groups is 1. The molecular weight excluding hydrogens is 441 g/mol. The quantitative estimate of drug-likeness (QED) is 0.507. The van der Waals surface area contributed by atoms with Gasteiger partial charge < -0.3 is 14.6 Å². The number of nitrogens with zero attached hydrogens (tertiary/aromatic N) is 3. The van der Waals surface area contributed by atoms with E-state index in [2.05, 4.69) is 32.7 Å². The minimum absolute atomic E-state index is 0.0230. The van der Waals surface area contributed by atoms with Crippen LogP contribution in [0.4, 0.5) is 4.39 Å². The first kappa shape index (κ1) is 25.0. The Morgan fingerprint density at radius 2 is 1.89 bits per heavy atom. The van der Waals surface area contributed by atoms with E-state index < -0.39 is 0 Å². The van der Waals surface area contributed by atoms with E-state index in [0.717, 1.165) is 29.7 Å². The number of carbonyl (C=O) groups excluding carboxylic acids is 1. The molecule has 1 aliphatic heterocycles. The number of hydrogen-bond acceptors (Lipinski definition) is 3. The first-order chi connectivity index (χ1) is 16.5. The van der Waals surface area contributed by atoms with Gasteiger partial charge in [-0.25, -0.2) is 9.37 Å². The fraction of sp³-hybridized carbons (Fsp3) is 0.448. The third-order valence-electron chi connectivity index (χ3n) is 6.88. The van der Waals surface area contributed by atoms with Crippen LogP contribution in [0.25, 0.3) is 0 Å². The summed E-state index contributed by atoms with van der Waals surface area (Å²) in [6.45, 7) is 10.8. The van der Waals surface area contributed by atoms with Crippen molar-refractivity contribution >= 4 is 5.91 Å². The van der Waals surface area contributed by atoms with Gasteiger partial charge in [0, 0.05) is 37.4 Å². The topological polar surface area (TPSA) is 58.4 Å². The Balaban J connectivity index is 1.56. The molecule has 2 aromatic carbocycles. The lowest BCUT2D eigenvalue weighted by Gasteiger charge is -2.44. The number of halogens is 1. The van der Waals surface area contributed by atoms with Crippen molar-refractivity contribution in [2.75, 3.05) is 13.1 Å². The predicted octanol–water partition coefficient (Wildman–Crippen LogP) is 5.78. The highest BCUT2D eigenvalue weighted by atomic mass is 19.1. The van der Waals surface area contributed by atoms with Crippen LogP contribution in [0.1, 0.15) is 63.3 Å². The number of phenolic OH excluding ortho intramolecular Hbond substituents is 1. The highest BCUT2D eigenvalue weighted by molar-refractivity contribution is 5.78. The Morgan fingerprint density at radius 3 is 2.63 bits per heavy atom. The number of hydrogen-bond donors (Lipinski definition) is 1. The Morgan fingerprint density at radius 1 is 1.11 bits per heavy atom. The average molecular weight is 478 g/mol. The highest BCUT2D eigenvalue weighted by Gasteiger charge is 2.38. The lowest BCUT2D eigenvalue weighted by atomic mass is 9.68. The molecule has 1 N–H and O–H groups in total. The van der Waals surface area contributed by atoms with Crippen molar-refractivity contribution in [2.45, 2.75) is 59.4 Å². The van der Waals surface area contributed by atoms with Crippen LogP contribution in [0.15, 0.2) is 61.1 Å². The molecule has 0 aliphatic carbocycles. The zero-order valence-electron chi connectivity index (χ0n) is 21.2. The van der Waals surface area contributed by atoms with Gasteiger partial charge in [0.15, 0.2) is 0 Å². The van der Waals surface area contributed by atoms with Gasteiger partial charge in [0.05, 0.1) is 12.7 Å². The minimum atomic E-state index is -0.274. The molecule has 0 saturated carbocycles. The SMILES string of the molecule is CC1(C)CC(c2cccc(O)c2)CN(C(=O)Cc2cncn2Cc2cccc(F)c2)CC(C)(C)C1. The van der Waals surface area contributed by atoms with Crippen molar-refractivity contribution < 1.29 is 14.3 Å². The molecule has 0 spiro atoms.